The minimum atomic E-state index is -0.690. The predicted molar refractivity (Wildman–Crippen MR) is 153 cm³/mol. The highest BCUT2D eigenvalue weighted by Crippen LogP contribution is 2.35. The smallest absolute Gasteiger partial charge is 0.263 e. The molecule has 5 aromatic rings. The van der Waals surface area contributed by atoms with Gasteiger partial charge in [-0.1, -0.05) is 48.5 Å². The summed E-state index contributed by atoms with van der Waals surface area (Å²) in [6.07, 6.45) is 3.38. The Hall–Kier alpha value is -5.44. The molecule has 9 heteroatoms. The van der Waals surface area contributed by atoms with Gasteiger partial charge in [0.05, 0.1) is 6.20 Å². The van der Waals surface area contributed by atoms with Crippen LogP contribution >= 0.6 is 0 Å². The van der Waals surface area contributed by atoms with Crippen LogP contribution in [0.5, 0.6) is 11.5 Å². The molecule has 0 atom stereocenters. The van der Waals surface area contributed by atoms with E-state index in [9.17, 15) is 9.59 Å². The van der Waals surface area contributed by atoms with Crippen LogP contribution in [0.15, 0.2) is 115 Å². The normalized spacial score (nSPS) is 11.5. The molecule has 0 aliphatic heterocycles. The van der Waals surface area contributed by atoms with Gasteiger partial charge in [-0.2, -0.15) is 5.10 Å². The summed E-state index contributed by atoms with van der Waals surface area (Å²) < 4.78 is 22.9. The maximum atomic E-state index is 15.2. The molecule has 200 valence electrons. The summed E-state index contributed by atoms with van der Waals surface area (Å²) in [5.74, 6) is -1.59. The molecule has 0 fully saturated rings. The maximum absolute atomic E-state index is 15.2. The van der Waals surface area contributed by atoms with Gasteiger partial charge in [-0.15, -0.1) is 0 Å². The highest BCUT2D eigenvalue weighted by Gasteiger charge is 2.22. The van der Waals surface area contributed by atoms with E-state index in [1.165, 1.54) is 12.1 Å². The third-order valence-corrected chi connectivity index (χ3v) is 6.25. The summed E-state index contributed by atoms with van der Waals surface area (Å²) in [6.45, 7) is 1.61. The van der Waals surface area contributed by atoms with Crippen molar-refractivity contribution in [3.8, 4) is 22.6 Å². The van der Waals surface area contributed by atoms with Gasteiger partial charge in [0.25, 0.3) is 11.8 Å². The summed E-state index contributed by atoms with van der Waals surface area (Å²) in [7, 11) is 1.61. The third kappa shape index (κ3) is 5.53. The number of carbonyl (C=O) groups is 2. The number of fused-ring (bicyclic) bond motifs is 1. The molecule has 0 aliphatic rings. The lowest BCUT2D eigenvalue weighted by Gasteiger charge is -2.14. The lowest BCUT2D eigenvalue weighted by molar-refractivity contribution is -0.118. The van der Waals surface area contributed by atoms with E-state index in [0.29, 0.717) is 22.7 Å². The molecule has 0 bridgehead atoms. The van der Waals surface area contributed by atoms with E-state index in [0.717, 1.165) is 17.2 Å². The standard InChI is InChI=1S/C31H26FN5O3/c1-20(33-2)28(30(38)35-22-11-7-4-8-12-22)31(39)36-23-13-14-26(25(32)19-23)40-27-15-17-34-37-18-16-24(29(27)37)21-9-5-3-6-10-21/h3-19,33H,1-2H3,(H,35,38)(H,36,39)/b28-20+. The maximum Gasteiger partial charge on any atom is 0.263 e. The summed E-state index contributed by atoms with van der Waals surface area (Å²) in [6, 6.07) is 26.2. The Bertz CT molecular complexity index is 1720. The van der Waals surface area contributed by atoms with Gasteiger partial charge in [0.15, 0.2) is 17.3 Å². The van der Waals surface area contributed by atoms with Crippen molar-refractivity contribution in [1.82, 2.24) is 14.9 Å². The van der Waals surface area contributed by atoms with Crippen LogP contribution in [-0.4, -0.2) is 28.5 Å². The molecule has 5 rings (SSSR count). The van der Waals surface area contributed by atoms with Gasteiger partial charge < -0.3 is 20.7 Å². The van der Waals surface area contributed by atoms with Crippen LogP contribution in [0.1, 0.15) is 6.92 Å². The highest BCUT2D eigenvalue weighted by atomic mass is 19.1. The zero-order valence-electron chi connectivity index (χ0n) is 21.8. The Morgan fingerprint density at radius 2 is 1.50 bits per heavy atom. The number of hydrogen-bond donors (Lipinski definition) is 3. The van der Waals surface area contributed by atoms with Gasteiger partial charge >= 0.3 is 0 Å². The summed E-state index contributed by atoms with van der Waals surface area (Å²) in [5, 5.41) is 12.5. The first-order valence-corrected chi connectivity index (χ1v) is 12.5. The topological polar surface area (TPSA) is 96.8 Å². The first kappa shape index (κ1) is 26.2. The van der Waals surface area contributed by atoms with Crippen molar-refractivity contribution in [2.45, 2.75) is 6.92 Å². The van der Waals surface area contributed by atoms with Gasteiger partial charge in [-0.25, -0.2) is 8.91 Å². The fourth-order valence-corrected chi connectivity index (χ4v) is 4.21. The van der Waals surface area contributed by atoms with Crippen LogP contribution in [0, 0.1) is 5.82 Å². The second-order valence-electron chi connectivity index (χ2n) is 8.86. The van der Waals surface area contributed by atoms with E-state index in [-0.39, 0.29) is 17.0 Å². The second-order valence-corrected chi connectivity index (χ2v) is 8.86. The van der Waals surface area contributed by atoms with Gasteiger partial charge in [0.2, 0.25) is 0 Å². The first-order valence-electron chi connectivity index (χ1n) is 12.5. The number of nitrogens with zero attached hydrogens (tertiary/aromatic N) is 2. The number of rotatable bonds is 8. The number of hydrogen-bond acceptors (Lipinski definition) is 5. The lowest BCUT2D eigenvalue weighted by atomic mass is 10.1. The number of para-hydroxylation sites is 1. The second kappa shape index (κ2) is 11.5. The van der Waals surface area contributed by atoms with Crippen molar-refractivity contribution >= 4 is 28.7 Å². The van der Waals surface area contributed by atoms with Gasteiger partial charge in [-0.3, -0.25) is 9.59 Å². The molecule has 40 heavy (non-hydrogen) atoms. The van der Waals surface area contributed by atoms with Crippen molar-refractivity contribution in [2.75, 3.05) is 17.7 Å². The van der Waals surface area contributed by atoms with Crippen molar-refractivity contribution in [2.24, 2.45) is 0 Å². The van der Waals surface area contributed by atoms with Crippen LogP contribution in [0.2, 0.25) is 0 Å². The van der Waals surface area contributed by atoms with E-state index in [4.69, 9.17) is 4.74 Å². The number of amides is 2. The fraction of sp³-hybridized carbons (Fsp3) is 0.0645. The van der Waals surface area contributed by atoms with Crippen LogP contribution in [0.3, 0.4) is 0 Å². The Morgan fingerprint density at radius 3 is 2.17 bits per heavy atom. The number of benzene rings is 3. The number of nitrogens with one attached hydrogen (secondary N) is 3. The van der Waals surface area contributed by atoms with Crippen LogP contribution < -0.4 is 20.7 Å². The molecule has 3 aromatic carbocycles. The van der Waals surface area contributed by atoms with E-state index >= 15 is 4.39 Å². The number of allylic oxidation sites excluding steroid dienone is 1. The lowest BCUT2D eigenvalue weighted by Crippen LogP contribution is -2.29. The number of halogens is 1. The Balaban J connectivity index is 1.37. The first-order chi connectivity index (χ1) is 19.4. The Labute approximate surface area is 230 Å². The zero-order chi connectivity index (χ0) is 28.1. The minimum absolute atomic E-state index is 0.0321. The molecule has 0 saturated carbocycles. The van der Waals surface area contributed by atoms with Crippen LogP contribution in [-0.2, 0) is 9.59 Å². The molecule has 0 aliphatic carbocycles. The Morgan fingerprint density at radius 1 is 0.825 bits per heavy atom. The van der Waals surface area contributed by atoms with E-state index in [1.54, 1.807) is 55.0 Å². The predicted octanol–water partition coefficient (Wildman–Crippen LogP) is 6.00. The molecule has 0 saturated heterocycles. The molecule has 2 aromatic heterocycles. The Kier molecular flexibility index (Phi) is 7.54. The van der Waals surface area contributed by atoms with Crippen molar-refractivity contribution in [3.05, 3.63) is 120 Å². The third-order valence-electron chi connectivity index (χ3n) is 6.25. The zero-order valence-corrected chi connectivity index (χ0v) is 21.8. The minimum Gasteiger partial charge on any atom is -0.452 e. The average molecular weight is 536 g/mol. The van der Waals surface area contributed by atoms with E-state index in [2.05, 4.69) is 21.0 Å². The number of anilines is 2. The largest absolute Gasteiger partial charge is 0.452 e. The number of aromatic nitrogens is 2. The van der Waals surface area contributed by atoms with Gasteiger partial charge in [0, 0.05) is 48.0 Å². The summed E-state index contributed by atoms with van der Waals surface area (Å²) >= 11 is 0. The quantitative estimate of drug-likeness (QED) is 0.129. The van der Waals surface area contributed by atoms with E-state index < -0.39 is 17.6 Å². The van der Waals surface area contributed by atoms with Crippen LogP contribution in [0.4, 0.5) is 15.8 Å². The number of ether oxygens (including phenoxy) is 1. The van der Waals surface area contributed by atoms with Crippen molar-refractivity contribution in [1.29, 1.82) is 0 Å². The van der Waals surface area contributed by atoms with Gasteiger partial charge in [0.1, 0.15) is 11.1 Å². The van der Waals surface area contributed by atoms with Crippen molar-refractivity contribution in [3.63, 3.8) is 0 Å². The van der Waals surface area contributed by atoms with E-state index in [1.807, 2.05) is 48.7 Å². The molecule has 0 radical (unpaired) electrons. The highest BCUT2D eigenvalue weighted by molar-refractivity contribution is 6.26. The average Bonchev–Trinajstić information content (AvgIpc) is 3.41. The molecule has 8 nitrogen and oxygen atoms in total. The molecule has 0 unspecified atom stereocenters. The fourth-order valence-electron chi connectivity index (χ4n) is 4.21. The molecular formula is C31H26FN5O3. The molecule has 3 N–H and O–H groups in total. The number of carbonyl (C=O) groups excluding carboxylic acids is 2. The molecular weight excluding hydrogens is 509 g/mol. The summed E-state index contributed by atoms with van der Waals surface area (Å²) in [5.41, 5.74) is 3.48. The molecule has 0 spiro atoms. The molecule has 2 heterocycles. The van der Waals surface area contributed by atoms with Crippen LogP contribution in [0.25, 0.3) is 16.6 Å². The molecule has 2 amide bonds. The van der Waals surface area contributed by atoms with Gasteiger partial charge in [-0.05, 0) is 42.8 Å². The summed E-state index contributed by atoms with van der Waals surface area (Å²) in [4.78, 5) is 26.0. The van der Waals surface area contributed by atoms with Crippen molar-refractivity contribution < 1.29 is 18.7 Å². The monoisotopic (exact) mass is 535 g/mol. The SMILES string of the molecule is CN/C(C)=C(\C(=O)Nc1ccccc1)C(=O)Nc1ccc(Oc2ccnn3ccc(-c4ccccc4)c23)c(F)c1.